The van der Waals surface area contributed by atoms with Gasteiger partial charge in [-0.25, -0.2) is 13.6 Å². The molecule has 0 spiro atoms. The van der Waals surface area contributed by atoms with E-state index in [1.165, 1.54) is 0 Å². The van der Waals surface area contributed by atoms with Crippen LogP contribution in [-0.4, -0.2) is 49.7 Å². The van der Waals surface area contributed by atoms with Gasteiger partial charge in [0.15, 0.2) is 0 Å². The molecule has 0 aliphatic carbocycles. The van der Waals surface area contributed by atoms with Crippen molar-refractivity contribution in [1.82, 2.24) is 10.2 Å². The molecule has 1 N–H and O–H groups in total. The van der Waals surface area contributed by atoms with E-state index in [0.29, 0.717) is 31.5 Å². The average molecular weight is 278 g/mol. The first kappa shape index (κ1) is 16.1. The van der Waals surface area contributed by atoms with Crippen LogP contribution in [0.25, 0.3) is 0 Å². The van der Waals surface area contributed by atoms with Gasteiger partial charge in [0, 0.05) is 19.1 Å². The van der Waals surface area contributed by atoms with Crippen LogP contribution in [0.1, 0.15) is 27.2 Å². The number of hydrogen-bond acceptors (Lipinski definition) is 3. The second-order valence-electron chi connectivity index (χ2n) is 5.34. The van der Waals surface area contributed by atoms with Crippen molar-refractivity contribution in [2.75, 3.05) is 26.2 Å². The van der Waals surface area contributed by atoms with Crippen LogP contribution in [0.4, 0.5) is 13.6 Å². The molecule has 2 unspecified atom stereocenters. The molecule has 1 aliphatic rings. The first-order valence-electron chi connectivity index (χ1n) is 6.87. The molecular formula is C13H24F2N2O2. The van der Waals surface area contributed by atoms with Gasteiger partial charge >= 0.3 is 6.09 Å². The molecule has 1 rings (SSSR count). The van der Waals surface area contributed by atoms with Crippen LogP contribution in [0.2, 0.25) is 0 Å². The molecule has 6 heteroatoms. The Morgan fingerprint density at radius 3 is 2.63 bits per heavy atom. The zero-order chi connectivity index (χ0) is 14.4. The van der Waals surface area contributed by atoms with Crippen LogP contribution in [-0.2, 0) is 4.74 Å². The number of carbonyl (C=O) groups excluding carboxylic acids is 1. The zero-order valence-corrected chi connectivity index (χ0v) is 11.9. The van der Waals surface area contributed by atoms with Crippen molar-refractivity contribution in [3.63, 3.8) is 0 Å². The summed E-state index contributed by atoms with van der Waals surface area (Å²) in [6.45, 7) is 7.02. The van der Waals surface area contributed by atoms with E-state index >= 15 is 0 Å². The van der Waals surface area contributed by atoms with E-state index in [0.717, 1.165) is 6.42 Å². The minimum absolute atomic E-state index is 0.0837. The molecule has 1 amide bonds. The van der Waals surface area contributed by atoms with Gasteiger partial charge in [-0.2, -0.15) is 0 Å². The number of likely N-dealkylation sites (tertiary alicyclic amines) is 1. The summed E-state index contributed by atoms with van der Waals surface area (Å²) in [4.78, 5) is 13.4. The largest absolute Gasteiger partial charge is 0.450 e. The summed E-state index contributed by atoms with van der Waals surface area (Å²) in [5.41, 5.74) is 0. The predicted molar refractivity (Wildman–Crippen MR) is 69.3 cm³/mol. The molecule has 0 saturated carbocycles. The Labute approximate surface area is 113 Å². The Morgan fingerprint density at radius 2 is 2.11 bits per heavy atom. The minimum atomic E-state index is -2.37. The van der Waals surface area contributed by atoms with E-state index < -0.39 is 6.43 Å². The first-order chi connectivity index (χ1) is 8.93. The monoisotopic (exact) mass is 278 g/mol. The minimum Gasteiger partial charge on any atom is -0.450 e. The fourth-order valence-electron chi connectivity index (χ4n) is 2.39. The zero-order valence-electron chi connectivity index (χ0n) is 11.9. The summed E-state index contributed by atoms with van der Waals surface area (Å²) in [5, 5.41) is 2.83. The third kappa shape index (κ3) is 5.30. The van der Waals surface area contributed by atoms with E-state index in [2.05, 4.69) is 19.2 Å². The Balaban J connectivity index is 2.59. The number of ether oxygens (including phenoxy) is 1. The predicted octanol–water partition coefficient (Wildman–Crippen LogP) is 2.34. The second-order valence-corrected chi connectivity index (χ2v) is 5.34. The number of halogens is 2. The molecule has 112 valence electrons. The van der Waals surface area contributed by atoms with E-state index in [4.69, 9.17) is 4.74 Å². The van der Waals surface area contributed by atoms with Gasteiger partial charge in [0.1, 0.15) is 0 Å². The smallest absolute Gasteiger partial charge is 0.409 e. The van der Waals surface area contributed by atoms with Gasteiger partial charge in [0.25, 0.3) is 6.43 Å². The van der Waals surface area contributed by atoms with E-state index in [9.17, 15) is 13.6 Å². The molecule has 1 aliphatic heterocycles. The highest BCUT2D eigenvalue weighted by Gasteiger charge is 2.32. The lowest BCUT2D eigenvalue weighted by Crippen LogP contribution is -2.53. The summed E-state index contributed by atoms with van der Waals surface area (Å²) in [6.07, 6.45) is -1.90. The fourth-order valence-corrected chi connectivity index (χ4v) is 2.39. The molecule has 19 heavy (non-hydrogen) atoms. The number of nitrogens with zero attached hydrogens (tertiary/aromatic N) is 1. The maximum atomic E-state index is 12.3. The number of rotatable bonds is 5. The molecule has 1 saturated heterocycles. The van der Waals surface area contributed by atoms with E-state index in [1.807, 2.05) is 0 Å². The Hall–Kier alpha value is -0.910. The maximum Gasteiger partial charge on any atom is 0.409 e. The fraction of sp³-hybridized carbons (Fsp3) is 0.923. The molecule has 0 aromatic heterocycles. The standard InChI is InChI=1S/C13H24F2N2O2/c1-4-19-13(18)17-7-10(9(2)3)5-11(8-17)16-6-12(14)15/h9-12,16H,4-8H2,1-3H3. The van der Waals surface area contributed by atoms with Crippen LogP contribution in [0.15, 0.2) is 0 Å². The molecule has 4 nitrogen and oxygen atoms in total. The van der Waals surface area contributed by atoms with Gasteiger partial charge in [-0.15, -0.1) is 0 Å². The van der Waals surface area contributed by atoms with E-state index in [1.54, 1.807) is 11.8 Å². The third-order valence-electron chi connectivity index (χ3n) is 3.51. The number of carbonyl (C=O) groups is 1. The summed E-state index contributed by atoms with van der Waals surface area (Å²) >= 11 is 0. The Bertz CT molecular complexity index is 288. The highest BCUT2D eigenvalue weighted by Crippen LogP contribution is 2.24. The summed E-state index contributed by atoms with van der Waals surface area (Å²) in [5.74, 6) is 0.724. The quantitative estimate of drug-likeness (QED) is 0.839. The van der Waals surface area contributed by atoms with Gasteiger partial charge < -0.3 is 15.0 Å². The van der Waals surface area contributed by atoms with Gasteiger partial charge in [0.05, 0.1) is 13.2 Å². The summed E-state index contributed by atoms with van der Waals surface area (Å²) in [6, 6.07) is -0.0837. The van der Waals surface area contributed by atoms with Gasteiger partial charge in [-0.05, 0) is 25.2 Å². The van der Waals surface area contributed by atoms with Crippen molar-refractivity contribution in [3.8, 4) is 0 Å². The molecule has 0 aromatic rings. The number of hydrogen-bond donors (Lipinski definition) is 1. The van der Waals surface area contributed by atoms with Crippen LogP contribution < -0.4 is 5.32 Å². The summed E-state index contributed by atoms with van der Waals surface area (Å²) < 4.78 is 29.5. The van der Waals surface area contributed by atoms with E-state index in [-0.39, 0.29) is 18.7 Å². The summed E-state index contributed by atoms with van der Waals surface area (Å²) in [7, 11) is 0. The van der Waals surface area contributed by atoms with Crippen molar-refractivity contribution in [2.24, 2.45) is 11.8 Å². The van der Waals surface area contributed by atoms with Crippen LogP contribution >= 0.6 is 0 Å². The van der Waals surface area contributed by atoms with Crippen molar-refractivity contribution in [1.29, 1.82) is 0 Å². The Kier molecular flexibility index (Phi) is 6.48. The number of piperidine rings is 1. The van der Waals surface area contributed by atoms with Gasteiger partial charge in [-0.1, -0.05) is 13.8 Å². The van der Waals surface area contributed by atoms with Crippen molar-refractivity contribution in [3.05, 3.63) is 0 Å². The molecule has 1 heterocycles. The first-order valence-corrected chi connectivity index (χ1v) is 6.87. The van der Waals surface area contributed by atoms with Crippen molar-refractivity contribution in [2.45, 2.75) is 39.7 Å². The number of amides is 1. The van der Waals surface area contributed by atoms with Gasteiger partial charge in [-0.3, -0.25) is 0 Å². The lowest BCUT2D eigenvalue weighted by molar-refractivity contribution is 0.0655. The molecule has 0 aromatic carbocycles. The average Bonchev–Trinajstić information content (AvgIpc) is 2.36. The molecule has 2 atom stereocenters. The molecular weight excluding hydrogens is 254 g/mol. The van der Waals surface area contributed by atoms with Crippen LogP contribution in [0.3, 0.4) is 0 Å². The maximum absolute atomic E-state index is 12.3. The normalized spacial score (nSPS) is 24.1. The topological polar surface area (TPSA) is 41.6 Å². The number of nitrogens with one attached hydrogen (secondary N) is 1. The second kappa shape index (κ2) is 7.62. The lowest BCUT2D eigenvalue weighted by atomic mass is 9.85. The van der Waals surface area contributed by atoms with Crippen LogP contribution in [0.5, 0.6) is 0 Å². The lowest BCUT2D eigenvalue weighted by Gasteiger charge is -2.39. The van der Waals surface area contributed by atoms with Crippen molar-refractivity contribution >= 4 is 6.09 Å². The van der Waals surface area contributed by atoms with Crippen LogP contribution in [0, 0.1) is 11.8 Å². The molecule has 0 radical (unpaired) electrons. The third-order valence-corrected chi connectivity index (χ3v) is 3.51. The molecule has 0 bridgehead atoms. The molecule has 1 fully saturated rings. The van der Waals surface area contributed by atoms with Crippen molar-refractivity contribution < 1.29 is 18.3 Å². The Morgan fingerprint density at radius 1 is 1.42 bits per heavy atom. The highest BCUT2D eigenvalue weighted by molar-refractivity contribution is 5.67. The van der Waals surface area contributed by atoms with Gasteiger partial charge in [0.2, 0.25) is 0 Å². The highest BCUT2D eigenvalue weighted by atomic mass is 19.3. The SMILES string of the molecule is CCOC(=O)N1CC(NCC(F)F)CC(C(C)C)C1. The number of alkyl halides is 2.